The average molecular weight is 320 g/mol. The lowest BCUT2D eigenvalue weighted by atomic mass is 10.2. The number of aryl methyl sites for hydroxylation is 1. The Kier molecular flexibility index (Phi) is 4.09. The minimum absolute atomic E-state index is 0.0314. The van der Waals surface area contributed by atoms with Gasteiger partial charge in [-0.3, -0.25) is 0 Å². The Labute approximate surface area is 125 Å². The lowest BCUT2D eigenvalue weighted by Gasteiger charge is -2.13. The lowest BCUT2D eigenvalue weighted by molar-refractivity contribution is 0.629. The predicted octanol–water partition coefficient (Wildman–Crippen LogP) is 5.42. The van der Waals surface area contributed by atoms with E-state index in [1.54, 1.807) is 12.1 Å². The first kappa shape index (κ1) is 14.3. The highest BCUT2D eigenvalue weighted by atomic mass is 35.5. The second-order valence-corrected chi connectivity index (χ2v) is 5.28. The molecule has 0 saturated carbocycles. The van der Waals surface area contributed by atoms with Gasteiger partial charge in [-0.05, 0) is 30.7 Å². The number of halogens is 4. The fourth-order valence-corrected chi connectivity index (χ4v) is 2.16. The zero-order valence-corrected chi connectivity index (χ0v) is 12.2. The largest absolute Gasteiger partial charge is 0.397 e. The number of benzene rings is 2. The minimum Gasteiger partial charge on any atom is -0.397 e. The average Bonchev–Trinajstić information content (AvgIpc) is 2.32. The maximum atomic E-state index is 13.4. The Morgan fingerprint density at radius 1 is 0.947 bits per heavy atom. The Hall–Kier alpha value is -1.16. The second kappa shape index (κ2) is 5.45. The van der Waals surface area contributed by atoms with Crippen LogP contribution in [0.15, 0.2) is 24.3 Å². The van der Waals surface area contributed by atoms with Gasteiger partial charge in [0, 0.05) is 11.1 Å². The molecule has 0 unspecified atom stereocenters. The zero-order chi connectivity index (χ0) is 14.2. The van der Waals surface area contributed by atoms with Gasteiger partial charge in [-0.15, -0.1) is 0 Å². The van der Waals surface area contributed by atoms with Crippen LogP contribution < -0.4 is 11.1 Å². The molecule has 0 radical (unpaired) electrons. The van der Waals surface area contributed by atoms with Crippen LogP contribution in [0.4, 0.5) is 21.5 Å². The molecule has 0 aliphatic rings. The monoisotopic (exact) mass is 318 g/mol. The van der Waals surface area contributed by atoms with E-state index in [0.29, 0.717) is 27.1 Å². The summed E-state index contributed by atoms with van der Waals surface area (Å²) in [5, 5.41) is 3.93. The third-order valence-corrected chi connectivity index (χ3v) is 3.62. The highest BCUT2D eigenvalue weighted by Gasteiger charge is 2.10. The second-order valence-electron chi connectivity index (χ2n) is 4.06. The van der Waals surface area contributed by atoms with Crippen molar-refractivity contribution in [2.24, 2.45) is 0 Å². The molecule has 2 nitrogen and oxygen atoms in total. The maximum absolute atomic E-state index is 13.4. The number of nitrogens with one attached hydrogen (secondary N) is 1. The third kappa shape index (κ3) is 3.06. The Balaban J connectivity index is 2.42. The van der Waals surface area contributed by atoms with Gasteiger partial charge in [0.05, 0.1) is 27.1 Å². The van der Waals surface area contributed by atoms with E-state index in [1.807, 2.05) is 6.92 Å². The predicted molar refractivity (Wildman–Crippen MR) is 80.3 cm³/mol. The van der Waals surface area contributed by atoms with Crippen LogP contribution in [0.25, 0.3) is 0 Å². The molecule has 0 fully saturated rings. The lowest BCUT2D eigenvalue weighted by Crippen LogP contribution is -1.98. The molecule has 0 saturated heterocycles. The van der Waals surface area contributed by atoms with Crippen molar-refractivity contribution >= 4 is 51.9 Å². The maximum Gasteiger partial charge on any atom is 0.144 e. The van der Waals surface area contributed by atoms with E-state index in [0.717, 1.165) is 5.56 Å². The van der Waals surface area contributed by atoms with Crippen molar-refractivity contribution in [2.75, 3.05) is 11.1 Å². The Morgan fingerprint density at radius 3 is 2.32 bits per heavy atom. The molecule has 2 rings (SSSR count). The number of rotatable bonds is 2. The Morgan fingerprint density at radius 2 is 1.63 bits per heavy atom. The fourth-order valence-electron chi connectivity index (χ4n) is 1.56. The van der Waals surface area contributed by atoms with Crippen molar-refractivity contribution in [3.8, 4) is 0 Å². The van der Waals surface area contributed by atoms with Crippen molar-refractivity contribution in [2.45, 2.75) is 6.92 Å². The van der Waals surface area contributed by atoms with E-state index in [-0.39, 0.29) is 5.02 Å². The molecule has 0 spiro atoms. The van der Waals surface area contributed by atoms with Crippen LogP contribution in [-0.2, 0) is 0 Å². The Bertz CT molecular complexity index is 589. The fraction of sp³-hybridized carbons (Fsp3) is 0.0769. The van der Waals surface area contributed by atoms with Gasteiger partial charge in [0.2, 0.25) is 0 Å². The quantitative estimate of drug-likeness (QED) is 0.725. The summed E-state index contributed by atoms with van der Waals surface area (Å²) in [5.41, 5.74) is 7.86. The number of nitrogens with two attached hydrogens (primary N) is 1. The first-order valence-electron chi connectivity index (χ1n) is 5.35. The summed E-state index contributed by atoms with van der Waals surface area (Å²) in [6, 6.07) is 5.92. The smallest absolute Gasteiger partial charge is 0.144 e. The summed E-state index contributed by atoms with van der Waals surface area (Å²) in [5.74, 6) is -0.562. The summed E-state index contributed by atoms with van der Waals surface area (Å²) < 4.78 is 13.4. The summed E-state index contributed by atoms with van der Waals surface area (Å²) >= 11 is 17.8. The van der Waals surface area contributed by atoms with Crippen molar-refractivity contribution in [1.29, 1.82) is 0 Å². The van der Waals surface area contributed by atoms with Gasteiger partial charge in [-0.1, -0.05) is 34.8 Å². The van der Waals surface area contributed by atoms with Crippen LogP contribution in [-0.4, -0.2) is 0 Å². The third-order valence-electron chi connectivity index (χ3n) is 2.61. The number of hydrogen-bond donors (Lipinski definition) is 2. The highest BCUT2D eigenvalue weighted by molar-refractivity contribution is 6.36. The topological polar surface area (TPSA) is 38.0 Å². The van der Waals surface area contributed by atoms with Crippen molar-refractivity contribution < 1.29 is 4.39 Å². The minimum atomic E-state index is -0.562. The van der Waals surface area contributed by atoms with Gasteiger partial charge < -0.3 is 11.1 Å². The highest BCUT2D eigenvalue weighted by Crippen LogP contribution is 2.34. The molecule has 0 amide bonds. The summed E-state index contributed by atoms with van der Waals surface area (Å²) in [6.45, 7) is 1.84. The van der Waals surface area contributed by atoms with Crippen LogP contribution in [0.3, 0.4) is 0 Å². The van der Waals surface area contributed by atoms with Crippen LogP contribution in [0.1, 0.15) is 5.56 Å². The summed E-state index contributed by atoms with van der Waals surface area (Å²) in [4.78, 5) is 0. The SMILES string of the molecule is Cc1cc(Cl)c(Nc2cc(F)c(Cl)cc2N)cc1Cl. The van der Waals surface area contributed by atoms with E-state index in [2.05, 4.69) is 5.32 Å². The van der Waals surface area contributed by atoms with Gasteiger partial charge in [-0.2, -0.15) is 0 Å². The van der Waals surface area contributed by atoms with Crippen LogP contribution in [0.5, 0.6) is 0 Å². The van der Waals surface area contributed by atoms with Gasteiger partial charge in [-0.25, -0.2) is 4.39 Å². The van der Waals surface area contributed by atoms with E-state index >= 15 is 0 Å². The molecule has 0 aliphatic carbocycles. The molecule has 0 aliphatic heterocycles. The van der Waals surface area contributed by atoms with Crippen LogP contribution in [0.2, 0.25) is 15.1 Å². The van der Waals surface area contributed by atoms with Crippen molar-refractivity contribution in [3.05, 3.63) is 50.7 Å². The van der Waals surface area contributed by atoms with Crippen LogP contribution in [0, 0.1) is 12.7 Å². The van der Waals surface area contributed by atoms with Crippen molar-refractivity contribution in [3.63, 3.8) is 0 Å². The van der Waals surface area contributed by atoms with Gasteiger partial charge in [0.1, 0.15) is 5.82 Å². The first-order chi connectivity index (χ1) is 8.88. The molecule has 2 aromatic rings. The van der Waals surface area contributed by atoms with Crippen LogP contribution >= 0.6 is 34.8 Å². The summed E-state index contributed by atoms with van der Waals surface area (Å²) in [7, 11) is 0. The van der Waals surface area contributed by atoms with E-state index in [1.165, 1.54) is 12.1 Å². The van der Waals surface area contributed by atoms with E-state index < -0.39 is 5.82 Å². The van der Waals surface area contributed by atoms with Gasteiger partial charge in [0.15, 0.2) is 0 Å². The molecule has 3 N–H and O–H groups in total. The van der Waals surface area contributed by atoms with E-state index in [9.17, 15) is 4.39 Å². The van der Waals surface area contributed by atoms with Gasteiger partial charge in [0.25, 0.3) is 0 Å². The normalized spacial score (nSPS) is 10.6. The molecule has 2 aromatic carbocycles. The molecule has 0 bridgehead atoms. The zero-order valence-electron chi connectivity index (χ0n) is 9.90. The molecule has 6 heteroatoms. The molecular weight excluding hydrogens is 310 g/mol. The molecule has 100 valence electrons. The standard InChI is InChI=1S/C13H10Cl3FN2/c1-6-2-9(16)12(4-7(6)14)19-13-5-10(17)8(15)3-11(13)18/h2-5,19H,18H2,1H3. The van der Waals surface area contributed by atoms with E-state index in [4.69, 9.17) is 40.5 Å². The van der Waals surface area contributed by atoms with Gasteiger partial charge >= 0.3 is 0 Å². The number of anilines is 3. The molecule has 0 aromatic heterocycles. The molecule has 0 heterocycles. The number of hydrogen-bond acceptors (Lipinski definition) is 2. The molecule has 0 atom stereocenters. The molecule has 19 heavy (non-hydrogen) atoms. The first-order valence-corrected chi connectivity index (χ1v) is 6.49. The molecular formula is C13H10Cl3FN2. The number of nitrogen functional groups attached to an aromatic ring is 1. The van der Waals surface area contributed by atoms with Crippen molar-refractivity contribution in [1.82, 2.24) is 0 Å². The summed E-state index contributed by atoms with van der Waals surface area (Å²) in [6.07, 6.45) is 0.